The van der Waals surface area contributed by atoms with Gasteiger partial charge in [-0.3, -0.25) is 19.3 Å². The molecule has 1 heterocycles. The van der Waals surface area contributed by atoms with Crippen molar-refractivity contribution in [2.45, 2.75) is 20.8 Å². The van der Waals surface area contributed by atoms with Crippen LogP contribution < -0.4 is 0 Å². The van der Waals surface area contributed by atoms with Gasteiger partial charge in [0.25, 0.3) is 11.8 Å². The minimum Gasteiger partial charge on any atom is -0.298 e. The van der Waals surface area contributed by atoms with Crippen molar-refractivity contribution >= 4 is 41.0 Å². The van der Waals surface area contributed by atoms with Gasteiger partial charge in [-0.05, 0) is 40.1 Å². The molecule has 0 bridgehead atoms. The maximum absolute atomic E-state index is 13.2. The molecule has 4 nitrogen and oxygen atoms in total. The first-order chi connectivity index (χ1) is 14.3. The highest BCUT2D eigenvalue weighted by molar-refractivity contribution is 6.25. The summed E-state index contributed by atoms with van der Waals surface area (Å²) in [5.74, 6) is -0.476. The molecule has 0 saturated heterocycles. The summed E-state index contributed by atoms with van der Waals surface area (Å²) in [4.78, 5) is 38.4. The molecule has 0 fully saturated rings. The Morgan fingerprint density at radius 1 is 0.800 bits per heavy atom. The highest BCUT2D eigenvalue weighted by atomic mass is 16.2. The molecule has 0 aromatic heterocycles. The Bertz CT molecular complexity index is 1200. The molecule has 0 aliphatic carbocycles. The molecule has 0 N–H and O–H groups in total. The monoisotopic (exact) mass is 397 g/mol. The smallest absolute Gasteiger partial charge is 0.261 e. The second-order valence-electron chi connectivity index (χ2n) is 8.85. The quantitative estimate of drug-likeness (QED) is 0.333. The van der Waals surface area contributed by atoms with Gasteiger partial charge in [-0.25, -0.2) is 0 Å². The Balaban J connectivity index is 1.78. The van der Waals surface area contributed by atoms with Crippen molar-refractivity contribution in [3.05, 3.63) is 82.4 Å². The van der Waals surface area contributed by atoms with E-state index in [1.165, 1.54) is 4.90 Å². The standard InChI is InChI=1S/C26H23NO3/c1-26(2,3)16-27-24(29)21-6-4-5-20-13-19(14-22(23(20)21)25(27)30)12-9-17-7-10-18(15-28)11-8-17/h4-15H,16H2,1-3H3/b12-9+. The number of nitrogens with zero attached hydrogens (tertiary/aromatic N) is 1. The zero-order valence-electron chi connectivity index (χ0n) is 17.3. The van der Waals surface area contributed by atoms with Gasteiger partial charge in [-0.15, -0.1) is 0 Å². The van der Waals surface area contributed by atoms with Gasteiger partial charge in [0.2, 0.25) is 0 Å². The molecule has 1 aliphatic rings. The Kier molecular flexibility index (Phi) is 4.86. The van der Waals surface area contributed by atoms with Gasteiger partial charge in [0.15, 0.2) is 0 Å². The van der Waals surface area contributed by atoms with Crippen LogP contribution in [0.15, 0.2) is 54.6 Å². The molecular formula is C26H23NO3. The molecule has 3 aromatic carbocycles. The van der Waals surface area contributed by atoms with Crippen LogP contribution in [0.25, 0.3) is 22.9 Å². The van der Waals surface area contributed by atoms with Crippen molar-refractivity contribution in [2.75, 3.05) is 6.54 Å². The molecule has 0 saturated carbocycles. The van der Waals surface area contributed by atoms with Crippen LogP contribution in [0.1, 0.15) is 63.0 Å². The molecular weight excluding hydrogens is 374 g/mol. The summed E-state index contributed by atoms with van der Waals surface area (Å²) in [6.07, 6.45) is 4.70. The number of carbonyl (C=O) groups is 3. The van der Waals surface area contributed by atoms with Crippen molar-refractivity contribution in [3.63, 3.8) is 0 Å². The average molecular weight is 397 g/mol. The average Bonchev–Trinajstić information content (AvgIpc) is 2.73. The number of amides is 2. The SMILES string of the molecule is CC(C)(C)CN1C(=O)c2cccc3cc(/C=C/c4ccc(C=O)cc4)cc(c23)C1=O. The molecule has 0 unspecified atom stereocenters. The van der Waals surface area contributed by atoms with E-state index in [0.29, 0.717) is 23.2 Å². The van der Waals surface area contributed by atoms with Crippen molar-refractivity contribution in [2.24, 2.45) is 5.41 Å². The van der Waals surface area contributed by atoms with Crippen LogP contribution >= 0.6 is 0 Å². The van der Waals surface area contributed by atoms with E-state index in [-0.39, 0.29) is 17.2 Å². The molecule has 150 valence electrons. The third-order valence-electron chi connectivity index (χ3n) is 5.12. The molecule has 1 aliphatic heterocycles. The van der Waals surface area contributed by atoms with E-state index >= 15 is 0 Å². The Labute approximate surface area is 175 Å². The molecule has 3 aromatic rings. The third-order valence-corrected chi connectivity index (χ3v) is 5.12. The van der Waals surface area contributed by atoms with Crippen molar-refractivity contribution in [1.82, 2.24) is 4.90 Å². The van der Waals surface area contributed by atoms with Crippen LogP contribution in [0.2, 0.25) is 0 Å². The van der Waals surface area contributed by atoms with Crippen molar-refractivity contribution < 1.29 is 14.4 Å². The van der Waals surface area contributed by atoms with E-state index in [1.807, 2.05) is 69.3 Å². The summed E-state index contributed by atoms with van der Waals surface area (Å²) in [6, 6.07) is 16.7. The number of aldehydes is 1. The Hall–Kier alpha value is -3.53. The van der Waals surface area contributed by atoms with Crippen LogP contribution in [-0.2, 0) is 0 Å². The molecule has 0 spiro atoms. The van der Waals surface area contributed by atoms with E-state index in [4.69, 9.17) is 0 Å². The van der Waals surface area contributed by atoms with Crippen molar-refractivity contribution in [1.29, 1.82) is 0 Å². The van der Waals surface area contributed by atoms with Crippen LogP contribution in [0.4, 0.5) is 0 Å². The normalized spacial score (nSPS) is 14.0. The number of hydrogen-bond acceptors (Lipinski definition) is 3. The van der Waals surface area contributed by atoms with Gasteiger partial charge in [-0.2, -0.15) is 0 Å². The van der Waals surface area contributed by atoms with Crippen molar-refractivity contribution in [3.8, 4) is 0 Å². The fraction of sp³-hybridized carbons (Fsp3) is 0.192. The maximum atomic E-state index is 13.2. The van der Waals surface area contributed by atoms with E-state index < -0.39 is 0 Å². The van der Waals surface area contributed by atoms with Gasteiger partial charge in [0.05, 0.1) is 0 Å². The topological polar surface area (TPSA) is 54.5 Å². The lowest BCUT2D eigenvalue weighted by atomic mass is 9.89. The molecule has 4 heteroatoms. The molecule has 0 radical (unpaired) electrons. The van der Waals surface area contributed by atoms with Crippen LogP contribution in [-0.4, -0.2) is 29.5 Å². The lowest BCUT2D eigenvalue weighted by Crippen LogP contribution is -2.44. The van der Waals surface area contributed by atoms with E-state index in [1.54, 1.807) is 18.2 Å². The fourth-order valence-electron chi connectivity index (χ4n) is 3.77. The first-order valence-corrected chi connectivity index (χ1v) is 9.93. The first-order valence-electron chi connectivity index (χ1n) is 9.93. The fourth-order valence-corrected chi connectivity index (χ4v) is 3.77. The predicted molar refractivity (Wildman–Crippen MR) is 120 cm³/mol. The molecule has 2 amide bonds. The van der Waals surface area contributed by atoms with Gasteiger partial charge in [0.1, 0.15) is 6.29 Å². The summed E-state index contributed by atoms with van der Waals surface area (Å²) in [7, 11) is 0. The van der Waals surface area contributed by atoms with E-state index in [0.717, 1.165) is 28.2 Å². The van der Waals surface area contributed by atoms with Gasteiger partial charge < -0.3 is 0 Å². The predicted octanol–water partition coefficient (Wildman–Crippen LogP) is 5.46. The number of rotatable bonds is 4. The number of benzene rings is 3. The zero-order chi connectivity index (χ0) is 21.5. The Morgan fingerprint density at radius 2 is 1.43 bits per heavy atom. The summed E-state index contributed by atoms with van der Waals surface area (Å²) in [5, 5.41) is 1.60. The highest BCUT2D eigenvalue weighted by Crippen LogP contribution is 2.33. The second-order valence-corrected chi connectivity index (χ2v) is 8.85. The zero-order valence-corrected chi connectivity index (χ0v) is 17.3. The number of imide groups is 1. The lowest BCUT2D eigenvalue weighted by Gasteiger charge is -2.32. The minimum atomic E-state index is -0.246. The maximum Gasteiger partial charge on any atom is 0.261 e. The molecule has 30 heavy (non-hydrogen) atoms. The largest absolute Gasteiger partial charge is 0.298 e. The van der Waals surface area contributed by atoms with Crippen LogP contribution in [0.5, 0.6) is 0 Å². The summed E-state index contributed by atoms with van der Waals surface area (Å²) >= 11 is 0. The van der Waals surface area contributed by atoms with Gasteiger partial charge >= 0.3 is 0 Å². The number of carbonyl (C=O) groups excluding carboxylic acids is 3. The van der Waals surface area contributed by atoms with Gasteiger partial charge in [0, 0.05) is 28.6 Å². The summed E-state index contributed by atoms with van der Waals surface area (Å²) < 4.78 is 0. The highest BCUT2D eigenvalue weighted by Gasteiger charge is 2.35. The second kappa shape index (κ2) is 7.38. The molecule has 0 atom stereocenters. The Morgan fingerprint density at radius 3 is 2.10 bits per heavy atom. The number of hydrogen-bond donors (Lipinski definition) is 0. The summed E-state index contributed by atoms with van der Waals surface area (Å²) in [6.45, 7) is 6.40. The van der Waals surface area contributed by atoms with E-state index in [9.17, 15) is 14.4 Å². The minimum absolute atomic E-state index is 0.193. The van der Waals surface area contributed by atoms with Crippen LogP contribution in [0.3, 0.4) is 0 Å². The summed E-state index contributed by atoms with van der Waals surface area (Å²) in [5.41, 5.74) is 3.41. The van der Waals surface area contributed by atoms with Crippen LogP contribution in [0, 0.1) is 5.41 Å². The third kappa shape index (κ3) is 3.69. The lowest BCUT2D eigenvalue weighted by molar-refractivity contribution is 0.0555. The first kappa shape index (κ1) is 19.8. The van der Waals surface area contributed by atoms with E-state index in [2.05, 4.69) is 0 Å². The molecule has 4 rings (SSSR count). The van der Waals surface area contributed by atoms with Gasteiger partial charge in [-0.1, -0.05) is 69.3 Å².